The molecule has 0 bridgehead atoms. The van der Waals surface area contributed by atoms with Crippen molar-refractivity contribution in [3.05, 3.63) is 42.5 Å². The summed E-state index contributed by atoms with van der Waals surface area (Å²) in [6, 6.07) is 6.63. The maximum absolute atomic E-state index is 10.6. The van der Waals surface area contributed by atoms with Crippen LogP contribution in [0.1, 0.15) is 10.5 Å². The van der Waals surface area contributed by atoms with Crippen molar-refractivity contribution in [2.45, 2.75) is 0 Å². The van der Waals surface area contributed by atoms with E-state index in [0.29, 0.717) is 11.4 Å². The maximum atomic E-state index is 10.6. The summed E-state index contributed by atoms with van der Waals surface area (Å²) in [6.45, 7) is 0. The van der Waals surface area contributed by atoms with Crippen LogP contribution in [0.15, 0.2) is 36.8 Å². The monoisotopic (exact) mass is 188 g/mol. The van der Waals surface area contributed by atoms with Crippen LogP contribution in [-0.2, 0) is 0 Å². The molecule has 70 valence electrons. The number of imidazole rings is 1. The standard InChI is InChI=1S/C10H8N2O2/c13-6-9-5-11-7-12(9)8-2-1-3-10(14)4-8/h1-7,14H. The zero-order chi connectivity index (χ0) is 9.97. The van der Waals surface area contributed by atoms with Crippen LogP contribution in [0.2, 0.25) is 0 Å². The molecule has 0 atom stereocenters. The Labute approximate surface area is 80.4 Å². The normalized spacial score (nSPS) is 10.0. The van der Waals surface area contributed by atoms with Gasteiger partial charge in [-0.25, -0.2) is 4.98 Å². The average molecular weight is 188 g/mol. The Balaban J connectivity index is 2.54. The van der Waals surface area contributed by atoms with Gasteiger partial charge in [0.25, 0.3) is 0 Å². The Kier molecular flexibility index (Phi) is 2.02. The van der Waals surface area contributed by atoms with Gasteiger partial charge in [-0.1, -0.05) is 6.07 Å². The number of phenols is 1. The summed E-state index contributed by atoms with van der Waals surface area (Å²) in [5.41, 5.74) is 1.17. The summed E-state index contributed by atoms with van der Waals surface area (Å²) in [5.74, 6) is 0.160. The van der Waals surface area contributed by atoms with Crippen molar-refractivity contribution in [1.82, 2.24) is 9.55 Å². The molecule has 2 aromatic rings. The van der Waals surface area contributed by atoms with Crippen LogP contribution in [0.5, 0.6) is 5.75 Å². The predicted octanol–water partition coefficient (Wildman–Crippen LogP) is 1.39. The fourth-order valence-corrected chi connectivity index (χ4v) is 1.25. The van der Waals surface area contributed by atoms with E-state index in [1.165, 1.54) is 12.5 Å². The molecule has 0 saturated heterocycles. The number of carbonyl (C=O) groups is 1. The second kappa shape index (κ2) is 3.33. The van der Waals surface area contributed by atoms with Crippen LogP contribution in [0.3, 0.4) is 0 Å². The van der Waals surface area contributed by atoms with Crippen LogP contribution in [0.4, 0.5) is 0 Å². The summed E-state index contributed by atoms with van der Waals surface area (Å²) >= 11 is 0. The van der Waals surface area contributed by atoms with Gasteiger partial charge in [0.1, 0.15) is 11.4 Å². The molecule has 1 aromatic carbocycles. The number of rotatable bonds is 2. The molecule has 0 amide bonds. The fraction of sp³-hybridized carbons (Fsp3) is 0. The van der Waals surface area contributed by atoms with Crippen LogP contribution in [-0.4, -0.2) is 20.9 Å². The Morgan fingerprint density at radius 2 is 2.29 bits per heavy atom. The largest absolute Gasteiger partial charge is 0.508 e. The zero-order valence-corrected chi connectivity index (χ0v) is 7.29. The highest BCUT2D eigenvalue weighted by molar-refractivity contribution is 5.73. The lowest BCUT2D eigenvalue weighted by molar-refractivity contribution is 0.111. The van der Waals surface area contributed by atoms with Crippen LogP contribution >= 0.6 is 0 Å². The molecule has 0 aliphatic heterocycles. The van der Waals surface area contributed by atoms with Gasteiger partial charge in [0.2, 0.25) is 0 Å². The molecule has 2 rings (SSSR count). The molecular weight excluding hydrogens is 180 g/mol. The molecule has 0 aliphatic rings. The number of benzene rings is 1. The lowest BCUT2D eigenvalue weighted by atomic mass is 10.3. The summed E-state index contributed by atoms with van der Waals surface area (Å²) in [4.78, 5) is 14.5. The minimum Gasteiger partial charge on any atom is -0.508 e. The van der Waals surface area contributed by atoms with Gasteiger partial charge in [-0.2, -0.15) is 0 Å². The van der Waals surface area contributed by atoms with E-state index >= 15 is 0 Å². The highest BCUT2D eigenvalue weighted by Gasteiger charge is 2.02. The second-order valence-corrected chi connectivity index (χ2v) is 2.83. The lowest BCUT2D eigenvalue weighted by Crippen LogP contribution is -1.96. The van der Waals surface area contributed by atoms with Gasteiger partial charge >= 0.3 is 0 Å². The van der Waals surface area contributed by atoms with Crippen molar-refractivity contribution in [2.24, 2.45) is 0 Å². The van der Waals surface area contributed by atoms with E-state index in [-0.39, 0.29) is 5.75 Å². The molecule has 0 radical (unpaired) electrons. The molecule has 0 unspecified atom stereocenters. The van der Waals surface area contributed by atoms with Crippen molar-refractivity contribution in [1.29, 1.82) is 0 Å². The molecule has 1 aromatic heterocycles. The van der Waals surface area contributed by atoms with Gasteiger partial charge in [0.05, 0.1) is 18.2 Å². The van der Waals surface area contributed by atoms with Crippen molar-refractivity contribution >= 4 is 6.29 Å². The first-order valence-electron chi connectivity index (χ1n) is 4.08. The first-order valence-corrected chi connectivity index (χ1v) is 4.08. The number of aromatic hydroxyl groups is 1. The zero-order valence-electron chi connectivity index (χ0n) is 7.29. The predicted molar refractivity (Wildman–Crippen MR) is 50.6 cm³/mol. The third-order valence-electron chi connectivity index (χ3n) is 1.90. The van der Waals surface area contributed by atoms with Gasteiger partial charge in [-0.05, 0) is 12.1 Å². The summed E-state index contributed by atoms with van der Waals surface area (Å²) in [5, 5.41) is 9.25. The minimum atomic E-state index is 0.160. The van der Waals surface area contributed by atoms with Crippen LogP contribution in [0, 0.1) is 0 Å². The number of aldehydes is 1. The SMILES string of the molecule is O=Cc1cncn1-c1cccc(O)c1. The summed E-state index contributed by atoms with van der Waals surface area (Å²) in [6.07, 6.45) is 3.71. The van der Waals surface area contributed by atoms with E-state index in [0.717, 1.165) is 6.29 Å². The van der Waals surface area contributed by atoms with Gasteiger partial charge in [-0.3, -0.25) is 9.36 Å². The van der Waals surface area contributed by atoms with E-state index in [4.69, 9.17) is 0 Å². The Morgan fingerprint density at radius 1 is 1.43 bits per heavy atom. The average Bonchev–Trinajstić information content (AvgIpc) is 2.65. The first kappa shape index (κ1) is 8.50. The first-order chi connectivity index (χ1) is 6.81. The van der Waals surface area contributed by atoms with E-state index < -0.39 is 0 Å². The highest BCUT2D eigenvalue weighted by atomic mass is 16.3. The van der Waals surface area contributed by atoms with E-state index in [1.807, 2.05) is 0 Å². The quantitative estimate of drug-likeness (QED) is 0.724. The number of carbonyl (C=O) groups excluding carboxylic acids is 1. The summed E-state index contributed by atoms with van der Waals surface area (Å²) < 4.78 is 1.60. The second-order valence-electron chi connectivity index (χ2n) is 2.83. The van der Waals surface area contributed by atoms with Gasteiger partial charge in [0.15, 0.2) is 6.29 Å². The van der Waals surface area contributed by atoms with Gasteiger partial charge < -0.3 is 5.11 Å². The van der Waals surface area contributed by atoms with E-state index in [9.17, 15) is 9.90 Å². The van der Waals surface area contributed by atoms with Crippen LogP contribution in [0.25, 0.3) is 5.69 Å². The number of nitrogens with zero attached hydrogens (tertiary/aromatic N) is 2. The molecule has 0 saturated carbocycles. The molecule has 0 spiro atoms. The van der Waals surface area contributed by atoms with Crippen molar-refractivity contribution in [3.8, 4) is 11.4 Å². The molecule has 1 heterocycles. The smallest absolute Gasteiger partial charge is 0.168 e. The Bertz CT molecular complexity index is 463. The number of aromatic nitrogens is 2. The third kappa shape index (κ3) is 1.37. The Morgan fingerprint density at radius 3 is 3.00 bits per heavy atom. The number of hydrogen-bond donors (Lipinski definition) is 1. The molecule has 14 heavy (non-hydrogen) atoms. The number of phenolic OH excluding ortho intramolecular Hbond substituents is 1. The topological polar surface area (TPSA) is 55.1 Å². The van der Waals surface area contributed by atoms with Crippen LogP contribution < -0.4 is 0 Å². The molecule has 0 aliphatic carbocycles. The Hall–Kier alpha value is -2.10. The molecule has 4 heteroatoms. The number of hydrogen-bond acceptors (Lipinski definition) is 3. The van der Waals surface area contributed by atoms with Gasteiger partial charge in [-0.15, -0.1) is 0 Å². The molecular formula is C10H8N2O2. The molecule has 1 N–H and O–H groups in total. The molecule has 4 nitrogen and oxygen atoms in total. The third-order valence-corrected chi connectivity index (χ3v) is 1.90. The highest BCUT2D eigenvalue weighted by Crippen LogP contribution is 2.15. The van der Waals surface area contributed by atoms with Gasteiger partial charge in [0, 0.05) is 6.07 Å². The summed E-state index contributed by atoms with van der Waals surface area (Å²) in [7, 11) is 0. The maximum Gasteiger partial charge on any atom is 0.168 e. The van der Waals surface area contributed by atoms with E-state index in [2.05, 4.69) is 4.98 Å². The minimum absolute atomic E-state index is 0.160. The van der Waals surface area contributed by atoms with Crippen molar-refractivity contribution in [3.63, 3.8) is 0 Å². The lowest BCUT2D eigenvalue weighted by Gasteiger charge is -2.03. The van der Waals surface area contributed by atoms with Crippen molar-refractivity contribution < 1.29 is 9.90 Å². The van der Waals surface area contributed by atoms with E-state index in [1.54, 1.807) is 28.8 Å². The van der Waals surface area contributed by atoms with Crippen molar-refractivity contribution in [2.75, 3.05) is 0 Å². The molecule has 0 fully saturated rings. The fourth-order valence-electron chi connectivity index (χ4n) is 1.25.